The Hall–Kier alpha value is -2.88. The molecule has 0 aliphatic heterocycles. The van der Waals surface area contributed by atoms with E-state index in [1.165, 1.54) is 43.3 Å². The van der Waals surface area contributed by atoms with Crippen LogP contribution in [0.2, 0.25) is 5.02 Å². The quantitative estimate of drug-likeness (QED) is 0.332. The van der Waals surface area contributed by atoms with E-state index in [0.717, 1.165) is 17.8 Å². The monoisotopic (exact) mass is 492 g/mol. The summed E-state index contributed by atoms with van der Waals surface area (Å²) in [7, 11) is -3.93. The average Bonchev–Trinajstić information content (AvgIpc) is 2.74. The molecule has 6 nitrogen and oxygen atoms in total. The van der Waals surface area contributed by atoms with Crippen LogP contribution in [0, 0.1) is 5.82 Å². The number of nitrogens with one attached hydrogen (secondary N) is 2. The van der Waals surface area contributed by atoms with Crippen LogP contribution in [0.25, 0.3) is 0 Å². The number of hydrogen-bond donors (Lipinski definition) is 2. The number of halogens is 2. The van der Waals surface area contributed by atoms with E-state index in [9.17, 15) is 22.4 Å². The summed E-state index contributed by atoms with van der Waals surface area (Å²) < 4.78 is 41.8. The maximum absolute atomic E-state index is 14.1. The maximum atomic E-state index is 14.1. The molecule has 0 bridgehead atoms. The maximum Gasteiger partial charge on any atom is 0.262 e. The first kappa shape index (κ1) is 23.8. The number of sulfonamides is 1. The van der Waals surface area contributed by atoms with Gasteiger partial charge in [0.15, 0.2) is 5.78 Å². The van der Waals surface area contributed by atoms with Gasteiger partial charge in [-0.05, 0) is 49.4 Å². The Morgan fingerprint density at radius 2 is 1.78 bits per heavy atom. The molecular weight excluding hydrogens is 475 g/mol. The number of para-hydroxylation sites is 1. The highest BCUT2D eigenvalue weighted by molar-refractivity contribution is 8.00. The van der Waals surface area contributed by atoms with Crippen molar-refractivity contribution in [3.63, 3.8) is 0 Å². The Balaban J connectivity index is 1.66. The Labute approximate surface area is 194 Å². The normalized spacial score (nSPS) is 11.1. The molecular formula is C22H18ClFN2O4S2. The molecule has 0 aromatic heterocycles. The minimum absolute atomic E-state index is 0.0614. The predicted molar refractivity (Wildman–Crippen MR) is 124 cm³/mol. The number of ketones is 1. The van der Waals surface area contributed by atoms with Crippen LogP contribution in [-0.4, -0.2) is 25.9 Å². The summed E-state index contributed by atoms with van der Waals surface area (Å²) in [6.07, 6.45) is 0. The number of rotatable bonds is 8. The van der Waals surface area contributed by atoms with E-state index in [0.29, 0.717) is 0 Å². The van der Waals surface area contributed by atoms with Gasteiger partial charge in [0.05, 0.1) is 21.4 Å². The fourth-order valence-corrected chi connectivity index (χ4v) is 4.75. The van der Waals surface area contributed by atoms with Gasteiger partial charge in [0.1, 0.15) is 5.82 Å². The van der Waals surface area contributed by atoms with Crippen molar-refractivity contribution in [1.82, 2.24) is 0 Å². The Morgan fingerprint density at radius 3 is 2.47 bits per heavy atom. The summed E-state index contributed by atoms with van der Waals surface area (Å²) in [4.78, 5) is 23.7. The van der Waals surface area contributed by atoms with Crippen LogP contribution in [0.1, 0.15) is 17.3 Å². The molecule has 166 valence electrons. The lowest BCUT2D eigenvalue weighted by Crippen LogP contribution is -2.16. The second-order valence-electron chi connectivity index (χ2n) is 6.65. The molecule has 3 rings (SSSR count). The average molecular weight is 493 g/mol. The molecule has 32 heavy (non-hydrogen) atoms. The Morgan fingerprint density at radius 1 is 1.03 bits per heavy atom. The number of carbonyl (C=O) groups is 2. The van der Waals surface area contributed by atoms with Crippen molar-refractivity contribution in [2.45, 2.75) is 16.7 Å². The number of benzene rings is 3. The van der Waals surface area contributed by atoms with E-state index < -0.39 is 21.7 Å². The fraction of sp³-hybridized carbons (Fsp3) is 0.0909. The molecule has 2 N–H and O–H groups in total. The molecule has 3 aromatic carbocycles. The molecule has 0 saturated heterocycles. The lowest BCUT2D eigenvalue weighted by Gasteiger charge is -2.11. The molecule has 0 unspecified atom stereocenters. The summed E-state index contributed by atoms with van der Waals surface area (Å²) in [5.74, 6) is -1.39. The highest BCUT2D eigenvalue weighted by Gasteiger charge is 2.17. The molecule has 1 amide bonds. The lowest BCUT2D eigenvalue weighted by molar-refractivity contribution is -0.113. The van der Waals surface area contributed by atoms with Crippen molar-refractivity contribution in [3.05, 3.63) is 83.1 Å². The van der Waals surface area contributed by atoms with Gasteiger partial charge in [-0.15, -0.1) is 11.8 Å². The minimum atomic E-state index is -3.93. The SMILES string of the molecule is CC(=O)c1ccc(SCC(=O)Nc2cccc(S(=O)(=O)Nc3ccccc3Cl)c2)c(F)c1. The van der Waals surface area contributed by atoms with Gasteiger partial charge in [0.25, 0.3) is 10.0 Å². The second-order valence-corrected chi connectivity index (χ2v) is 9.76. The van der Waals surface area contributed by atoms with Crippen LogP contribution in [0.5, 0.6) is 0 Å². The van der Waals surface area contributed by atoms with E-state index in [1.807, 2.05) is 0 Å². The van der Waals surface area contributed by atoms with Gasteiger partial charge in [-0.1, -0.05) is 35.9 Å². The van der Waals surface area contributed by atoms with Gasteiger partial charge in [0.2, 0.25) is 5.91 Å². The van der Waals surface area contributed by atoms with Gasteiger partial charge in [-0.25, -0.2) is 12.8 Å². The molecule has 0 atom stereocenters. The van der Waals surface area contributed by atoms with Gasteiger partial charge in [0, 0.05) is 16.1 Å². The number of amides is 1. The standard InChI is InChI=1S/C22H18ClFN2O4S2/c1-14(27)15-9-10-21(19(24)11-15)31-13-22(28)25-16-5-4-6-17(12-16)32(29,30)26-20-8-3-2-7-18(20)23/h2-12,26H,13H2,1H3,(H,25,28). The molecule has 3 aromatic rings. The smallest absolute Gasteiger partial charge is 0.262 e. The second kappa shape index (κ2) is 10.2. The van der Waals surface area contributed by atoms with Gasteiger partial charge >= 0.3 is 0 Å². The van der Waals surface area contributed by atoms with E-state index >= 15 is 0 Å². The first-order chi connectivity index (χ1) is 15.2. The van der Waals surface area contributed by atoms with Crippen LogP contribution in [0.4, 0.5) is 15.8 Å². The van der Waals surface area contributed by atoms with Crippen LogP contribution >= 0.6 is 23.4 Å². The number of thioether (sulfide) groups is 1. The van der Waals surface area contributed by atoms with Gasteiger partial charge in [-0.2, -0.15) is 0 Å². The fourth-order valence-electron chi connectivity index (χ4n) is 2.67. The van der Waals surface area contributed by atoms with Crippen molar-refractivity contribution in [2.24, 2.45) is 0 Å². The van der Waals surface area contributed by atoms with Crippen molar-refractivity contribution >= 4 is 56.5 Å². The van der Waals surface area contributed by atoms with E-state index in [1.54, 1.807) is 24.3 Å². The molecule has 0 saturated carbocycles. The molecule has 0 spiro atoms. The molecule has 0 heterocycles. The summed E-state index contributed by atoms with van der Waals surface area (Å²) in [6.45, 7) is 1.34. The molecule has 0 aliphatic carbocycles. The van der Waals surface area contributed by atoms with E-state index in [4.69, 9.17) is 11.6 Å². The largest absolute Gasteiger partial charge is 0.325 e. The van der Waals surface area contributed by atoms with E-state index in [2.05, 4.69) is 10.0 Å². The zero-order valence-corrected chi connectivity index (χ0v) is 19.2. The summed E-state index contributed by atoms with van der Waals surface area (Å²) in [5, 5.41) is 2.85. The zero-order valence-electron chi connectivity index (χ0n) is 16.8. The van der Waals surface area contributed by atoms with Gasteiger partial charge in [-0.3, -0.25) is 14.3 Å². The number of carbonyl (C=O) groups excluding carboxylic acids is 2. The van der Waals surface area contributed by atoms with Crippen molar-refractivity contribution < 1.29 is 22.4 Å². The summed E-state index contributed by atoms with van der Waals surface area (Å²) in [6, 6.07) is 16.2. The highest BCUT2D eigenvalue weighted by atomic mass is 35.5. The summed E-state index contributed by atoms with van der Waals surface area (Å²) in [5.41, 5.74) is 0.752. The molecule has 0 fully saturated rings. The van der Waals surface area contributed by atoms with Crippen molar-refractivity contribution in [1.29, 1.82) is 0 Å². The Bertz CT molecular complexity index is 1280. The van der Waals surface area contributed by atoms with Crippen LogP contribution in [-0.2, 0) is 14.8 Å². The number of anilines is 2. The van der Waals surface area contributed by atoms with Gasteiger partial charge < -0.3 is 5.32 Å². The zero-order chi connectivity index (χ0) is 23.3. The third-order valence-corrected chi connectivity index (χ3v) is 6.98. The molecule has 0 aliphatic rings. The topological polar surface area (TPSA) is 92.3 Å². The first-order valence-electron chi connectivity index (χ1n) is 9.26. The first-order valence-corrected chi connectivity index (χ1v) is 12.1. The van der Waals surface area contributed by atoms with Crippen LogP contribution in [0.15, 0.2) is 76.5 Å². The van der Waals surface area contributed by atoms with E-state index in [-0.39, 0.29) is 43.3 Å². The predicted octanol–water partition coefficient (Wildman–Crippen LogP) is 5.21. The third-order valence-electron chi connectivity index (χ3n) is 4.24. The van der Waals surface area contributed by atoms with Crippen LogP contribution in [0.3, 0.4) is 0 Å². The highest BCUT2D eigenvalue weighted by Crippen LogP contribution is 2.26. The minimum Gasteiger partial charge on any atom is -0.325 e. The lowest BCUT2D eigenvalue weighted by atomic mass is 10.1. The molecule has 10 heteroatoms. The van der Waals surface area contributed by atoms with Crippen molar-refractivity contribution in [3.8, 4) is 0 Å². The number of hydrogen-bond acceptors (Lipinski definition) is 5. The number of Topliss-reactive ketones (excluding diaryl/α,β-unsaturated/α-hetero) is 1. The summed E-state index contributed by atoms with van der Waals surface area (Å²) >= 11 is 6.97. The van der Waals surface area contributed by atoms with Crippen LogP contribution < -0.4 is 10.0 Å². The van der Waals surface area contributed by atoms with Crippen molar-refractivity contribution in [2.75, 3.05) is 15.8 Å². The molecule has 0 radical (unpaired) electrons. The third kappa shape index (κ3) is 6.09. The Kier molecular flexibility index (Phi) is 7.55.